The molecule has 202 valence electrons. The minimum Gasteiger partial charge on any atom is -0.483 e. The number of thioether (sulfide) groups is 1. The lowest BCUT2D eigenvalue weighted by atomic mass is 10.1. The second kappa shape index (κ2) is 12.7. The van der Waals surface area contributed by atoms with Crippen molar-refractivity contribution in [2.24, 2.45) is 5.73 Å². The average Bonchev–Trinajstić information content (AvgIpc) is 3.41. The molecule has 1 atom stereocenters. The molecule has 0 saturated carbocycles. The molecule has 38 heavy (non-hydrogen) atoms. The maximum absolute atomic E-state index is 12.8. The van der Waals surface area contributed by atoms with E-state index >= 15 is 0 Å². The van der Waals surface area contributed by atoms with Gasteiger partial charge in [-0.25, -0.2) is 4.79 Å². The molecule has 0 saturated heterocycles. The number of nitrogens with two attached hydrogens (primary N) is 1. The van der Waals surface area contributed by atoms with Crippen LogP contribution in [0.25, 0.3) is 0 Å². The first-order valence-corrected chi connectivity index (χ1v) is 13.7. The topological polar surface area (TPSA) is 138 Å². The van der Waals surface area contributed by atoms with Gasteiger partial charge in [0.2, 0.25) is 5.91 Å². The standard InChI is InChI=1S/C26H31N5O5S2/c1-7-11-31-23(17(6)36-18-10-9-14(3)15(4)12-18)29-30-26(31)37-13-19(32)28-24-20(25(34)35-8-2)16(5)21(38-24)22(27)33/h7,9-10,12,17H,1,8,11,13H2,2-6H3,(H2,27,33)(H,28,32). The number of allylic oxidation sites excluding steroid dienone is 1. The third-order valence-corrected chi connectivity index (χ3v) is 7.84. The van der Waals surface area contributed by atoms with Gasteiger partial charge in [-0.05, 0) is 63.4 Å². The van der Waals surface area contributed by atoms with E-state index in [1.54, 1.807) is 19.9 Å². The molecule has 0 aliphatic heterocycles. The Balaban J connectivity index is 1.75. The van der Waals surface area contributed by atoms with Crippen molar-refractivity contribution in [1.29, 1.82) is 0 Å². The summed E-state index contributed by atoms with van der Waals surface area (Å²) in [5.74, 6) is -0.420. The van der Waals surface area contributed by atoms with E-state index in [0.29, 0.717) is 23.1 Å². The van der Waals surface area contributed by atoms with Crippen LogP contribution in [0, 0.1) is 20.8 Å². The molecule has 10 nitrogen and oxygen atoms in total. The first-order chi connectivity index (χ1) is 18.1. The highest BCUT2D eigenvalue weighted by Gasteiger charge is 2.26. The largest absolute Gasteiger partial charge is 0.483 e. The van der Waals surface area contributed by atoms with Crippen LogP contribution in [0.3, 0.4) is 0 Å². The van der Waals surface area contributed by atoms with Crippen LogP contribution in [0.1, 0.15) is 62.5 Å². The number of carbonyl (C=O) groups excluding carboxylic acids is 3. The van der Waals surface area contributed by atoms with Gasteiger partial charge >= 0.3 is 5.97 Å². The van der Waals surface area contributed by atoms with Gasteiger partial charge in [-0.1, -0.05) is 23.9 Å². The fourth-order valence-electron chi connectivity index (χ4n) is 3.63. The van der Waals surface area contributed by atoms with E-state index in [2.05, 4.69) is 22.1 Å². The fraction of sp³-hybridized carbons (Fsp3) is 0.346. The number of primary amides is 1. The summed E-state index contributed by atoms with van der Waals surface area (Å²) >= 11 is 2.12. The number of anilines is 1. The van der Waals surface area contributed by atoms with Crippen molar-refractivity contribution in [3.8, 4) is 5.75 Å². The van der Waals surface area contributed by atoms with Crippen LogP contribution in [0.2, 0.25) is 0 Å². The minimum atomic E-state index is -0.685. The number of rotatable bonds is 12. The summed E-state index contributed by atoms with van der Waals surface area (Å²) in [6.45, 7) is 13.6. The van der Waals surface area contributed by atoms with Crippen molar-refractivity contribution in [1.82, 2.24) is 14.8 Å². The van der Waals surface area contributed by atoms with Crippen LogP contribution >= 0.6 is 23.1 Å². The number of aryl methyl sites for hydroxylation is 2. The molecule has 0 spiro atoms. The number of hydrogen-bond donors (Lipinski definition) is 2. The smallest absolute Gasteiger partial charge is 0.341 e. The van der Waals surface area contributed by atoms with Crippen molar-refractivity contribution in [2.45, 2.75) is 52.4 Å². The van der Waals surface area contributed by atoms with E-state index in [1.165, 1.54) is 17.3 Å². The molecule has 2 aromatic heterocycles. The van der Waals surface area contributed by atoms with Crippen molar-refractivity contribution in [2.75, 3.05) is 17.7 Å². The summed E-state index contributed by atoms with van der Waals surface area (Å²) in [5.41, 5.74) is 8.23. The van der Waals surface area contributed by atoms with Crippen molar-refractivity contribution < 1.29 is 23.9 Å². The molecular formula is C26H31N5O5S2. The van der Waals surface area contributed by atoms with E-state index in [9.17, 15) is 14.4 Å². The molecule has 0 radical (unpaired) electrons. The molecule has 0 bridgehead atoms. The Labute approximate surface area is 229 Å². The number of esters is 1. The minimum absolute atomic E-state index is 0.0210. The van der Waals surface area contributed by atoms with Crippen molar-refractivity contribution in [3.05, 3.63) is 63.8 Å². The zero-order valence-corrected chi connectivity index (χ0v) is 23.6. The number of aromatic nitrogens is 3. The van der Waals surface area contributed by atoms with Gasteiger partial charge in [0, 0.05) is 6.54 Å². The normalized spacial score (nSPS) is 11.6. The third kappa shape index (κ3) is 6.62. The Morgan fingerprint density at radius 1 is 1.24 bits per heavy atom. The van der Waals surface area contributed by atoms with Crippen molar-refractivity contribution >= 4 is 45.9 Å². The number of thiophene rings is 1. The van der Waals surface area contributed by atoms with Crippen LogP contribution in [-0.4, -0.2) is 44.9 Å². The van der Waals surface area contributed by atoms with E-state index in [-0.39, 0.29) is 27.8 Å². The van der Waals surface area contributed by atoms with Gasteiger partial charge in [0.05, 0.1) is 22.8 Å². The van der Waals surface area contributed by atoms with Crippen molar-refractivity contribution in [3.63, 3.8) is 0 Å². The summed E-state index contributed by atoms with van der Waals surface area (Å²) in [4.78, 5) is 37.3. The molecule has 2 heterocycles. The monoisotopic (exact) mass is 557 g/mol. The number of hydrogen-bond acceptors (Lipinski definition) is 9. The zero-order valence-electron chi connectivity index (χ0n) is 22.0. The fourth-order valence-corrected chi connectivity index (χ4v) is 5.45. The first kappa shape index (κ1) is 28.9. The zero-order chi connectivity index (χ0) is 28.0. The second-order valence-corrected chi connectivity index (χ2v) is 10.4. The molecule has 12 heteroatoms. The quantitative estimate of drug-likeness (QED) is 0.187. The van der Waals surface area contributed by atoms with Crippen LogP contribution in [0.5, 0.6) is 5.75 Å². The molecule has 3 aromatic rings. The molecule has 1 aromatic carbocycles. The lowest BCUT2D eigenvalue weighted by Crippen LogP contribution is -2.17. The van der Waals surface area contributed by atoms with E-state index in [0.717, 1.165) is 22.6 Å². The summed E-state index contributed by atoms with van der Waals surface area (Å²) in [5, 5.41) is 12.0. The Bertz CT molecular complexity index is 1360. The number of ether oxygens (including phenoxy) is 2. The highest BCUT2D eigenvalue weighted by atomic mass is 32.2. The van der Waals surface area contributed by atoms with Gasteiger partial charge in [-0.15, -0.1) is 28.1 Å². The third-order valence-electron chi connectivity index (χ3n) is 5.65. The second-order valence-electron chi connectivity index (χ2n) is 8.43. The van der Waals surface area contributed by atoms with Gasteiger partial charge in [0.15, 0.2) is 17.1 Å². The van der Waals surface area contributed by atoms with Crippen LogP contribution in [0.4, 0.5) is 5.00 Å². The number of nitrogens with one attached hydrogen (secondary N) is 1. The Kier molecular flexibility index (Phi) is 9.70. The molecule has 2 amide bonds. The van der Waals surface area contributed by atoms with Gasteiger partial charge in [0.25, 0.3) is 5.91 Å². The Morgan fingerprint density at radius 2 is 1.97 bits per heavy atom. The molecule has 1 unspecified atom stereocenters. The van der Waals surface area contributed by atoms with Crippen LogP contribution < -0.4 is 15.8 Å². The SMILES string of the molecule is C=CCn1c(SCC(=O)Nc2sc(C(N)=O)c(C)c2C(=O)OCC)nnc1C(C)Oc1ccc(C)c(C)c1. The van der Waals surface area contributed by atoms with E-state index in [1.807, 2.05) is 43.5 Å². The Morgan fingerprint density at radius 3 is 2.61 bits per heavy atom. The predicted octanol–water partition coefficient (Wildman–Crippen LogP) is 4.60. The van der Waals surface area contributed by atoms with Crippen LogP contribution in [0.15, 0.2) is 36.0 Å². The van der Waals surface area contributed by atoms with Gasteiger partial charge < -0.3 is 20.5 Å². The summed E-state index contributed by atoms with van der Waals surface area (Å²) in [7, 11) is 0. The highest BCUT2D eigenvalue weighted by molar-refractivity contribution is 7.99. The molecule has 3 N–H and O–H groups in total. The Hall–Kier alpha value is -3.64. The van der Waals surface area contributed by atoms with Gasteiger partial charge in [-0.2, -0.15) is 0 Å². The molecular weight excluding hydrogens is 526 g/mol. The first-order valence-electron chi connectivity index (χ1n) is 11.9. The molecule has 0 fully saturated rings. The van der Waals surface area contributed by atoms with Gasteiger partial charge in [0.1, 0.15) is 10.8 Å². The highest BCUT2D eigenvalue weighted by Crippen LogP contribution is 2.34. The molecule has 3 rings (SSSR count). The maximum atomic E-state index is 12.8. The average molecular weight is 558 g/mol. The summed E-state index contributed by atoms with van der Waals surface area (Å²) in [6, 6.07) is 5.88. The summed E-state index contributed by atoms with van der Waals surface area (Å²) < 4.78 is 13.0. The number of amides is 2. The van der Waals surface area contributed by atoms with Gasteiger partial charge in [-0.3, -0.25) is 14.2 Å². The maximum Gasteiger partial charge on any atom is 0.341 e. The molecule has 0 aliphatic carbocycles. The lowest BCUT2D eigenvalue weighted by molar-refractivity contribution is -0.113. The molecule has 0 aliphatic rings. The van der Waals surface area contributed by atoms with E-state index < -0.39 is 23.9 Å². The number of benzene rings is 1. The van der Waals surface area contributed by atoms with E-state index in [4.69, 9.17) is 15.2 Å². The number of nitrogens with zero attached hydrogens (tertiary/aromatic N) is 3. The summed E-state index contributed by atoms with van der Waals surface area (Å²) in [6.07, 6.45) is 1.31. The predicted molar refractivity (Wildman–Crippen MR) is 148 cm³/mol. The number of carbonyl (C=O) groups is 3. The lowest BCUT2D eigenvalue weighted by Gasteiger charge is -2.16. The van der Waals surface area contributed by atoms with Crippen LogP contribution in [-0.2, 0) is 16.1 Å².